The minimum Gasteiger partial charge on any atom is -0.352 e. The van der Waals surface area contributed by atoms with Gasteiger partial charge in [0.15, 0.2) is 5.96 Å². The molecule has 0 aliphatic carbocycles. The van der Waals surface area contributed by atoms with Crippen molar-refractivity contribution in [3.8, 4) is 0 Å². The molecule has 2 aromatic rings. The van der Waals surface area contributed by atoms with E-state index in [1.807, 2.05) is 31.2 Å². The smallest absolute Gasteiger partial charge is 0.269 e. The Morgan fingerprint density at radius 3 is 2.32 bits per heavy atom. The minimum atomic E-state index is -0.411. The second kappa shape index (κ2) is 10.2. The molecule has 0 radical (unpaired) electrons. The van der Waals surface area contributed by atoms with Crippen molar-refractivity contribution < 1.29 is 4.92 Å². The Balaban J connectivity index is 0.00000312. The number of guanidine groups is 1. The van der Waals surface area contributed by atoms with Gasteiger partial charge in [0.25, 0.3) is 5.69 Å². The molecule has 6 nitrogen and oxygen atoms in total. The van der Waals surface area contributed by atoms with E-state index in [1.165, 1.54) is 12.1 Å². The molecule has 0 fully saturated rings. The zero-order chi connectivity index (χ0) is 17.5. The first kappa shape index (κ1) is 21.2. The molecule has 25 heavy (non-hydrogen) atoms. The summed E-state index contributed by atoms with van der Waals surface area (Å²) in [5, 5.41) is 17.8. The molecule has 8 heteroatoms. The van der Waals surface area contributed by atoms with Crippen molar-refractivity contribution in [1.82, 2.24) is 10.6 Å². The van der Waals surface area contributed by atoms with Crippen LogP contribution in [0.15, 0.2) is 53.5 Å². The summed E-state index contributed by atoms with van der Waals surface area (Å²) in [6.07, 6.45) is 0. The van der Waals surface area contributed by atoms with E-state index in [0.717, 1.165) is 11.1 Å². The van der Waals surface area contributed by atoms with Gasteiger partial charge < -0.3 is 10.6 Å². The first-order valence-corrected chi connectivity index (χ1v) is 7.83. The molecule has 0 aliphatic heterocycles. The molecule has 0 aromatic heterocycles. The van der Waals surface area contributed by atoms with Gasteiger partial charge in [0, 0.05) is 30.7 Å². The van der Waals surface area contributed by atoms with Crippen molar-refractivity contribution in [2.75, 3.05) is 7.05 Å². The van der Waals surface area contributed by atoms with E-state index in [4.69, 9.17) is 11.6 Å². The molecule has 0 amide bonds. The molecule has 134 valence electrons. The van der Waals surface area contributed by atoms with Gasteiger partial charge >= 0.3 is 0 Å². The molecule has 0 saturated heterocycles. The van der Waals surface area contributed by atoms with E-state index in [2.05, 4.69) is 15.6 Å². The van der Waals surface area contributed by atoms with Crippen LogP contribution in [0.25, 0.3) is 0 Å². The Morgan fingerprint density at radius 2 is 1.80 bits per heavy atom. The highest BCUT2D eigenvalue weighted by Gasteiger charge is 2.08. The van der Waals surface area contributed by atoms with Gasteiger partial charge in [-0.2, -0.15) is 0 Å². The molecule has 0 saturated carbocycles. The van der Waals surface area contributed by atoms with E-state index in [1.54, 1.807) is 19.2 Å². The quantitative estimate of drug-likeness (QED) is 0.223. The van der Waals surface area contributed by atoms with Gasteiger partial charge in [-0.3, -0.25) is 15.1 Å². The summed E-state index contributed by atoms with van der Waals surface area (Å²) in [4.78, 5) is 14.4. The highest BCUT2D eigenvalue weighted by molar-refractivity contribution is 14.0. The number of nitro benzene ring substituents is 1. The number of nitrogens with one attached hydrogen (secondary N) is 2. The fourth-order valence-corrected chi connectivity index (χ4v) is 2.28. The highest BCUT2D eigenvalue weighted by Crippen LogP contribution is 2.16. The lowest BCUT2D eigenvalue weighted by atomic mass is 10.1. The van der Waals surface area contributed by atoms with Crippen LogP contribution in [0.2, 0.25) is 5.02 Å². The zero-order valence-corrected chi connectivity index (χ0v) is 17.0. The molecule has 0 bridgehead atoms. The van der Waals surface area contributed by atoms with E-state index < -0.39 is 4.92 Å². The van der Waals surface area contributed by atoms with Crippen molar-refractivity contribution in [3.05, 3.63) is 74.8 Å². The highest BCUT2D eigenvalue weighted by atomic mass is 127. The Kier molecular flexibility index (Phi) is 8.64. The molecule has 2 rings (SSSR count). The summed E-state index contributed by atoms with van der Waals surface area (Å²) in [5.41, 5.74) is 2.11. The molecule has 2 aromatic carbocycles. The van der Waals surface area contributed by atoms with Gasteiger partial charge in [0.1, 0.15) is 0 Å². The van der Waals surface area contributed by atoms with Crippen molar-refractivity contribution >= 4 is 47.2 Å². The van der Waals surface area contributed by atoms with Gasteiger partial charge in [0.2, 0.25) is 0 Å². The maximum absolute atomic E-state index is 10.7. The normalized spacial score (nSPS) is 12.0. The lowest BCUT2D eigenvalue weighted by molar-refractivity contribution is -0.384. The summed E-state index contributed by atoms with van der Waals surface area (Å²) < 4.78 is 0. The van der Waals surface area contributed by atoms with Crippen LogP contribution in [0.1, 0.15) is 24.1 Å². The SMILES string of the molecule is CN=C(NCc1ccc([N+](=O)[O-])cc1)NC(C)c1ccc(Cl)cc1.I. The van der Waals surface area contributed by atoms with Crippen LogP contribution in [0.5, 0.6) is 0 Å². The fraction of sp³-hybridized carbons (Fsp3) is 0.235. The van der Waals surface area contributed by atoms with Crippen LogP contribution in [0.4, 0.5) is 5.69 Å². The van der Waals surface area contributed by atoms with E-state index >= 15 is 0 Å². The third kappa shape index (κ3) is 6.50. The summed E-state index contributed by atoms with van der Waals surface area (Å²) in [5.74, 6) is 0.649. The molecule has 0 spiro atoms. The predicted molar refractivity (Wildman–Crippen MR) is 112 cm³/mol. The van der Waals surface area contributed by atoms with Crippen LogP contribution in [0, 0.1) is 10.1 Å². The van der Waals surface area contributed by atoms with Crippen molar-refractivity contribution in [3.63, 3.8) is 0 Å². The molecule has 0 heterocycles. The Bertz CT molecular complexity index is 720. The second-order valence-corrected chi connectivity index (χ2v) is 5.70. The average molecular weight is 475 g/mol. The Hall–Kier alpha value is -1.87. The lowest BCUT2D eigenvalue weighted by Crippen LogP contribution is -2.38. The largest absolute Gasteiger partial charge is 0.352 e. The minimum absolute atomic E-state index is 0. The topological polar surface area (TPSA) is 79.6 Å². The van der Waals surface area contributed by atoms with Crippen LogP contribution >= 0.6 is 35.6 Å². The van der Waals surface area contributed by atoms with Crippen LogP contribution < -0.4 is 10.6 Å². The molecular weight excluding hydrogens is 455 g/mol. The average Bonchev–Trinajstić information content (AvgIpc) is 2.59. The van der Waals surface area contributed by atoms with E-state index in [0.29, 0.717) is 17.5 Å². The molecular formula is C17H20ClIN4O2. The number of hydrogen-bond donors (Lipinski definition) is 2. The number of aliphatic imine (C=N–C) groups is 1. The predicted octanol–water partition coefficient (Wildman–Crippen LogP) is 4.29. The van der Waals surface area contributed by atoms with Gasteiger partial charge in [-0.15, -0.1) is 24.0 Å². The lowest BCUT2D eigenvalue weighted by Gasteiger charge is -2.18. The summed E-state index contributed by atoms with van der Waals surface area (Å²) >= 11 is 5.90. The number of hydrogen-bond acceptors (Lipinski definition) is 3. The van der Waals surface area contributed by atoms with Crippen LogP contribution in [-0.2, 0) is 6.54 Å². The number of non-ortho nitro benzene ring substituents is 1. The van der Waals surface area contributed by atoms with Gasteiger partial charge in [-0.1, -0.05) is 35.9 Å². The molecule has 1 atom stereocenters. The van der Waals surface area contributed by atoms with E-state index in [9.17, 15) is 10.1 Å². The monoisotopic (exact) mass is 474 g/mol. The van der Waals surface area contributed by atoms with Gasteiger partial charge in [-0.05, 0) is 30.2 Å². The zero-order valence-electron chi connectivity index (χ0n) is 13.9. The molecule has 2 N–H and O–H groups in total. The number of nitrogens with zero attached hydrogens (tertiary/aromatic N) is 2. The summed E-state index contributed by atoms with van der Waals surface area (Å²) in [7, 11) is 1.69. The standard InChI is InChI=1S/C17H19ClN4O2.HI/c1-12(14-5-7-15(18)8-6-14)21-17(19-2)20-11-13-3-9-16(10-4-13)22(23)24;/h3-10,12H,11H2,1-2H3,(H2,19,20,21);1H. The molecule has 1 unspecified atom stereocenters. The van der Waals surface area contributed by atoms with Crippen molar-refractivity contribution in [1.29, 1.82) is 0 Å². The van der Waals surface area contributed by atoms with Crippen LogP contribution in [-0.4, -0.2) is 17.9 Å². The maximum Gasteiger partial charge on any atom is 0.269 e. The fourth-order valence-electron chi connectivity index (χ4n) is 2.16. The first-order valence-electron chi connectivity index (χ1n) is 7.45. The van der Waals surface area contributed by atoms with Crippen molar-refractivity contribution in [2.45, 2.75) is 19.5 Å². The number of benzene rings is 2. The third-order valence-corrected chi connectivity index (χ3v) is 3.81. The number of halogens is 2. The van der Waals surface area contributed by atoms with E-state index in [-0.39, 0.29) is 35.7 Å². The Labute approximate surface area is 168 Å². The van der Waals surface area contributed by atoms with Gasteiger partial charge in [-0.25, -0.2) is 0 Å². The summed E-state index contributed by atoms with van der Waals surface area (Å²) in [6.45, 7) is 2.55. The Morgan fingerprint density at radius 1 is 1.20 bits per heavy atom. The summed E-state index contributed by atoms with van der Waals surface area (Å²) in [6, 6.07) is 14.1. The van der Waals surface area contributed by atoms with Crippen LogP contribution in [0.3, 0.4) is 0 Å². The van der Waals surface area contributed by atoms with Gasteiger partial charge in [0.05, 0.1) is 11.0 Å². The maximum atomic E-state index is 10.7. The second-order valence-electron chi connectivity index (χ2n) is 5.27. The number of nitro groups is 1. The molecule has 0 aliphatic rings. The first-order chi connectivity index (χ1) is 11.5. The third-order valence-electron chi connectivity index (χ3n) is 3.55. The van der Waals surface area contributed by atoms with Crippen molar-refractivity contribution in [2.24, 2.45) is 4.99 Å². The number of rotatable bonds is 5.